The summed E-state index contributed by atoms with van der Waals surface area (Å²) in [5.74, 6) is -0.153. The van der Waals surface area contributed by atoms with E-state index < -0.39 is 5.82 Å². The first-order valence-corrected chi connectivity index (χ1v) is 6.97. The highest BCUT2D eigenvalue weighted by Crippen LogP contribution is 2.18. The molecule has 2 amide bonds. The second-order valence-electron chi connectivity index (χ2n) is 5.00. The fourth-order valence-electron chi connectivity index (χ4n) is 2.31. The number of nitrogens with one attached hydrogen (secondary N) is 1. The Bertz CT molecular complexity index is 550. The van der Waals surface area contributed by atoms with E-state index in [1.165, 1.54) is 12.1 Å². The molecule has 1 unspecified atom stereocenters. The average molecular weight is 291 g/mol. The number of nitrogens with zero attached hydrogens (tertiary/aromatic N) is 2. The molecule has 0 saturated carbocycles. The number of hydrogen-bond acceptors (Lipinski definition) is 3. The lowest BCUT2D eigenvalue weighted by Gasteiger charge is -2.24. The van der Waals surface area contributed by atoms with Gasteiger partial charge in [0.25, 0.3) is 0 Å². The van der Waals surface area contributed by atoms with Gasteiger partial charge in [0.05, 0.1) is 17.9 Å². The fraction of sp³-hybridized carbons (Fsp3) is 0.467. The van der Waals surface area contributed by atoms with Gasteiger partial charge in [0.2, 0.25) is 0 Å². The van der Waals surface area contributed by atoms with Crippen LogP contribution in [0.5, 0.6) is 0 Å². The highest BCUT2D eigenvalue weighted by molar-refractivity contribution is 5.90. The first-order valence-electron chi connectivity index (χ1n) is 6.97. The number of halogens is 1. The van der Waals surface area contributed by atoms with Gasteiger partial charge in [-0.2, -0.15) is 5.26 Å². The van der Waals surface area contributed by atoms with Crippen molar-refractivity contribution in [1.82, 2.24) is 4.90 Å². The summed E-state index contributed by atoms with van der Waals surface area (Å²) in [6.07, 6.45) is 0.948. The number of hydrogen-bond donors (Lipinski definition) is 1. The molecule has 1 aromatic rings. The Kier molecular flexibility index (Phi) is 5.12. The van der Waals surface area contributed by atoms with Crippen LogP contribution in [-0.2, 0) is 4.74 Å². The van der Waals surface area contributed by atoms with E-state index in [2.05, 4.69) is 5.32 Å². The number of ether oxygens (including phenoxy) is 1. The van der Waals surface area contributed by atoms with Gasteiger partial charge in [-0.25, -0.2) is 9.18 Å². The minimum Gasteiger partial charge on any atom is -0.381 e. The van der Waals surface area contributed by atoms with Crippen LogP contribution < -0.4 is 5.32 Å². The second-order valence-corrected chi connectivity index (χ2v) is 5.00. The van der Waals surface area contributed by atoms with Crippen molar-refractivity contribution >= 4 is 11.7 Å². The van der Waals surface area contributed by atoms with Crippen LogP contribution in [-0.4, -0.2) is 37.2 Å². The Labute approximate surface area is 123 Å². The number of urea groups is 1. The number of carbonyl (C=O) groups is 1. The average Bonchev–Trinajstić information content (AvgIpc) is 2.99. The van der Waals surface area contributed by atoms with Crippen LogP contribution in [0.2, 0.25) is 0 Å². The molecule has 0 spiro atoms. The van der Waals surface area contributed by atoms with Crippen molar-refractivity contribution < 1.29 is 13.9 Å². The lowest BCUT2D eigenvalue weighted by atomic mass is 10.1. The predicted molar refractivity (Wildman–Crippen MR) is 76.3 cm³/mol. The predicted octanol–water partition coefficient (Wildman–Crippen LogP) is 2.59. The van der Waals surface area contributed by atoms with Crippen molar-refractivity contribution in [3.8, 4) is 6.07 Å². The zero-order chi connectivity index (χ0) is 15.2. The van der Waals surface area contributed by atoms with Crippen LogP contribution in [0.4, 0.5) is 14.9 Å². The van der Waals surface area contributed by atoms with Gasteiger partial charge in [-0.3, -0.25) is 0 Å². The zero-order valence-electron chi connectivity index (χ0n) is 11.9. The summed E-state index contributed by atoms with van der Waals surface area (Å²) in [5.41, 5.74) is 0.439. The molecule has 5 nitrogen and oxygen atoms in total. The van der Waals surface area contributed by atoms with Gasteiger partial charge in [-0.1, -0.05) is 0 Å². The van der Waals surface area contributed by atoms with Crippen molar-refractivity contribution in [3.05, 3.63) is 29.6 Å². The largest absolute Gasteiger partial charge is 0.381 e. The van der Waals surface area contributed by atoms with Crippen LogP contribution >= 0.6 is 0 Å². The lowest BCUT2D eigenvalue weighted by molar-refractivity contribution is 0.171. The van der Waals surface area contributed by atoms with Gasteiger partial charge in [0.15, 0.2) is 0 Å². The molecule has 1 heterocycles. The summed E-state index contributed by atoms with van der Waals surface area (Å²) >= 11 is 0. The second kappa shape index (κ2) is 7.04. The number of carbonyl (C=O) groups excluding carboxylic acids is 1. The van der Waals surface area contributed by atoms with Gasteiger partial charge in [-0.15, -0.1) is 0 Å². The molecule has 1 saturated heterocycles. The summed E-state index contributed by atoms with van der Waals surface area (Å²) in [6, 6.07) is 5.32. The number of rotatable bonds is 4. The molecule has 21 heavy (non-hydrogen) atoms. The van der Waals surface area contributed by atoms with E-state index in [4.69, 9.17) is 10.00 Å². The molecule has 6 heteroatoms. The number of anilines is 1. The Morgan fingerprint density at radius 2 is 2.43 bits per heavy atom. The number of amides is 2. The Morgan fingerprint density at radius 1 is 1.62 bits per heavy atom. The molecule has 1 N–H and O–H groups in total. The summed E-state index contributed by atoms with van der Waals surface area (Å²) in [7, 11) is 0. The quantitative estimate of drug-likeness (QED) is 0.927. The maximum atomic E-state index is 13.1. The molecule has 112 valence electrons. The molecular formula is C15H18FN3O2. The minimum absolute atomic E-state index is 0.114. The van der Waals surface area contributed by atoms with Crippen LogP contribution in [0.25, 0.3) is 0 Å². The van der Waals surface area contributed by atoms with Gasteiger partial charge >= 0.3 is 6.03 Å². The monoisotopic (exact) mass is 291 g/mol. The van der Waals surface area contributed by atoms with E-state index in [9.17, 15) is 9.18 Å². The fourth-order valence-corrected chi connectivity index (χ4v) is 2.31. The minimum atomic E-state index is -0.500. The van der Waals surface area contributed by atoms with Crippen molar-refractivity contribution in [1.29, 1.82) is 5.26 Å². The van der Waals surface area contributed by atoms with Crippen LogP contribution in [0, 0.1) is 23.1 Å². The van der Waals surface area contributed by atoms with Gasteiger partial charge < -0.3 is 15.0 Å². The zero-order valence-corrected chi connectivity index (χ0v) is 11.9. The third-order valence-electron chi connectivity index (χ3n) is 3.52. The standard InChI is InChI=1S/C15H18FN3O2/c1-2-19(9-11-5-6-21-10-11)15(20)18-14-4-3-13(16)7-12(14)8-17/h3-4,7,11H,2,5-6,9-10H2,1H3,(H,18,20). The summed E-state index contributed by atoms with van der Waals surface area (Å²) in [4.78, 5) is 13.9. The number of nitriles is 1. The van der Waals surface area contributed by atoms with E-state index >= 15 is 0 Å². The van der Waals surface area contributed by atoms with E-state index in [0.29, 0.717) is 31.3 Å². The molecule has 1 fully saturated rings. The normalized spacial score (nSPS) is 17.3. The van der Waals surface area contributed by atoms with Crippen LogP contribution in [0.15, 0.2) is 18.2 Å². The van der Waals surface area contributed by atoms with E-state index in [1.54, 1.807) is 4.90 Å². The molecule has 2 rings (SSSR count). The molecule has 0 radical (unpaired) electrons. The van der Waals surface area contributed by atoms with E-state index in [0.717, 1.165) is 19.1 Å². The third kappa shape index (κ3) is 3.92. The highest BCUT2D eigenvalue weighted by atomic mass is 19.1. The molecular weight excluding hydrogens is 273 g/mol. The molecule has 0 aromatic heterocycles. The van der Waals surface area contributed by atoms with Crippen molar-refractivity contribution in [2.45, 2.75) is 13.3 Å². The first-order chi connectivity index (χ1) is 10.1. The smallest absolute Gasteiger partial charge is 0.321 e. The van der Waals surface area contributed by atoms with Crippen molar-refractivity contribution in [2.75, 3.05) is 31.6 Å². The van der Waals surface area contributed by atoms with Crippen molar-refractivity contribution in [3.63, 3.8) is 0 Å². The maximum Gasteiger partial charge on any atom is 0.321 e. The molecule has 1 aromatic carbocycles. The molecule has 0 aliphatic carbocycles. The Balaban J connectivity index is 2.03. The molecule has 0 bridgehead atoms. The summed E-state index contributed by atoms with van der Waals surface area (Å²) < 4.78 is 18.4. The topological polar surface area (TPSA) is 65.4 Å². The van der Waals surface area contributed by atoms with Crippen LogP contribution in [0.3, 0.4) is 0 Å². The van der Waals surface area contributed by atoms with Gasteiger partial charge in [0, 0.05) is 25.6 Å². The lowest BCUT2D eigenvalue weighted by Crippen LogP contribution is -2.38. The molecule has 1 aliphatic rings. The van der Waals surface area contributed by atoms with E-state index in [1.807, 2.05) is 13.0 Å². The SMILES string of the molecule is CCN(CC1CCOC1)C(=O)Nc1ccc(F)cc1C#N. The van der Waals surface area contributed by atoms with E-state index in [-0.39, 0.29) is 11.6 Å². The Morgan fingerprint density at radius 3 is 3.05 bits per heavy atom. The van der Waals surface area contributed by atoms with Gasteiger partial charge in [0.1, 0.15) is 11.9 Å². The van der Waals surface area contributed by atoms with Gasteiger partial charge in [-0.05, 0) is 31.5 Å². The highest BCUT2D eigenvalue weighted by Gasteiger charge is 2.22. The maximum absolute atomic E-state index is 13.1. The molecule has 1 aliphatic heterocycles. The summed E-state index contributed by atoms with van der Waals surface area (Å²) in [5, 5.41) is 11.7. The van der Waals surface area contributed by atoms with Crippen molar-refractivity contribution in [2.24, 2.45) is 5.92 Å². The number of benzene rings is 1. The van der Waals surface area contributed by atoms with Crippen LogP contribution in [0.1, 0.15) is 18.9 Å². The third-order valence-corrected chi connectivity index (χ3v) is 3.52. The molecule has 1 atom stereocenters. The Hall–Kier alpha value is -2.13. The first kappa shape index (κ1) is 15.3. The summed E-state index contributed by atoms with van der Waals surface area (Å²) in [6.45, 7) is 4.48.